The fourth-order valence-corrected chi connectivity index (χ4v) is 3.20. The van der Waals surface area contributed by atoms with E-state index >= 15 is 0 Å². The van der Waals surface area contributed by atoms with Crippen LogP contribution >= 0.6 is 0 Å². The van der Waals surface area contributed by atoms with Crippen molar-refractivity contribution in [3.8, 4) is 0 Å². The first kappa shape index (κ1) is 12.4. The normalized spacial score (nSPS) is 32.6. The molecule has 2 fully saturated rings. The van der Waals surface area contributed by atoms with Gasteiger partial charge in [0, 0.05) is 11.6 Å². The number of rotatable bonds is 6. The maximum atomic E-state index is 6.42. The summed E-state index contributed by atoms with van der Waals surface area (Å²) in [6.07, 6.45) is 11.9. The highest BCUT2D eigenvalue weighted by molar-refractivity contribution is 4.94. The molecule has 0 bridgehead atoms. The minimum absolute atomic E-state index is 0.167. The summed E-state index contributed by atoms with van der Waals surface area (Å²) in [6, 6.07) is 0.826. The van der Waals surface area contributed by atoms with E-state index in [4.69, 9.17) is 5.73 Å². The maximum Gasteiger partial charge on any atom is 0.0166 e. The van der Waals surface area contributed by atoms with Gasteiger partial charge in [-0.05, 0) is 44.6 Å². The average Bonchev–Trinajstić information content (AvgIpc) is 2.98. The fourth-order valence-electron chi connectivity index (χ4n) is 3.20. The lowest BCUT2D eigenvalue weighted by Gasteiger charge is -2.33. The average molecular weight is 224 g/mol. The molecule has 0 saturated heterocycles. The Hall–Kier alpha value is -0.0800. The monoisotopic (exact) mass is 224 g/mol. The van der Waals surface area contributed by atoms with Crippen LogP contribution in [-0.2, 0) is 0 Å². The third-order valence-electron chi connectivity index (χ3n) is 4.46. The van der Waals surface area contributed by atoms with Crippen molar-refractivity contribution in [2.24, 2.45) is 11.7 Å². The first-order valence-electron chi connectivity index (χ1n) is 7.26. The Morgan fingerprint density at radius 1 is 1.25 bits per heavy atom. The van der Waals surface area contributed by atoms with E-state index in [0.717, 1.165) is 18.5 Å². The third-order valence-corrected chi connectivity index (χ3v) is 4.46. The van der Waals surface area contributed by atoms with Crippen molar-refractivity contribution < 1.29 is 0 Å². The Kier molecular flexibility index (Phi) is 4.26. The Balaban J connectivity index is 1.57. The molecule has 2 saturated carbocycles. The molecule has 2 aliphatic rings. The molecule has 2 rings (SSSR count). The summed E-state index contributed by atoms with van der Waals surface area (Å²) in [4.78, 5) is 0. The molecule has 0 spiro atoms. The van der Waals surface area contributed by atoms with Crippen LogP contribution in [0.4, 0.5) is 0 Å². The summed E-state index contributed by atoms with van der Waals surface area (Å²) in [5, 5.41) is 3.68. The largest absolute Gasteiger partial charge is 0.325 e. The molecule has 2 nitrogen and oxygen atoms in total. The molecule has 0 aromatic carbocycles. The van der Waals surface area contributed by atoms with E-state index in [-0.39, 0.29) is 5.54 Å². The van der Waals surface area contributed by atoms with Crippen molar-refractivity contribution in [3.63, 3.8) is 0 Å². The molecule has 16 heavy (non-hydrogen) atoms. The van der Waals surface area contributed by atoms with Crippen LogP contribution in [0.3, 0.4) is 0 Å². The summed E-state index contributed by atoms with van der Waals surface area (Å²) in [6.45, 7) is 3.42. The Bertz CT molecular complexity index is 209. The van der Waals surface area contributed by atoms with E-state index in [1.807, 2.05) is 0 Å². The van der Waals surface area contributed by atoms with Crippen LogP contribution in [0.1, 0.15) is 64.7 Å². The first-order valence-corrected chi connectivity index (χ1v) is 7.26. The lowest BCUT2D eigenvalue weighted by Crippen LogP contribution is -2.44. The molecule has 0 aliphatic heterocycles. The molecule has 0 radical (unpaired) electrons. The van der Waals surface area contributed by atoms with Gasteiger partial charge >= 0.3 is 0 Å². The lowest BCUT2D eigenvalue weighted by molar-refractivity contribution is 0.274. The van der Waals surface area contributed by atoms with Crippen molar-refractivity contribution >= 4 is 0 Å². The van der Waals surface area contributed by atoms with Crippen LogP contribution in [0, 0.1) is 5.92 Å². The van der Waals surface area contributed by atoms with Gasteiger partial charge in [-0.2, -0.15) is 0 Å². The quantitative estimate of drug-likeness (QED) is 0.728. The van der Waals surface area contributed by atoms with E-state index in [1.165, 1.54) is 57.8 Å². The van der Waals surface area contributed by atoms with Gasteiger partial charge in [-0.25, -0.2) is 0 Å². The van der Waals surface area contributed by atoms with Crippen molar-refractivity contribution in [1.29, 1.82) is 0 Å². The third kappa shape index (κ3) is 3.46. The van der Waals surface area contributed by atoms with Gasteiger partial charge in [0.05, 0.1) is 0 Å². The van der Waals surface area contributed by atoms with Crippen LogP contribution in [0.5, 0.6) is 0 Å². The number of nitrogens with two attached hydrogens (primary N) is 1. The molecule has 94 valence electrons. The van der Waals surface area contributed by atoms with Crippen LogP contribution in [0.15, 0.2) is 0 Å². The Morgan fingerprint density at radius 3 is 2.69 bits per heavy atom. The van der Waals surface area contributed by atoms with Crippen LogP contribution in [0.2, 0.25) is 0 Å². The van der Waals surface area contributed by atoms with Gasteiger partial charge in [0.1, 0.15) is 0 Å². The molecule has 2 unspecified atom stereocenters. The standard InChI is InChI=1S/C14H28N2/c1-2-6-12-11-13(12)16-10-9-14(15)7-4-3-5-8-14/h12-13,16H,2-11,15H2,1H3. The van der Waals surface area contributed by atoms with Gasteiger partial charge < -0.3 is 11.1 Å². The van der Waals surface area contributed by atoms with Crippen molar-refractivity contribution in [1.82, 2.24) is 5.32 Å². The van der Waals surface area contributed by atoms with Crippen molar-refractivity contribution in [2.75, 3.05) is 6.54 Å². The zero-order chi connectivity index (χ0) is 11.4. The second-order valence-electron chi connectivity index (χ2n) is 6.02. The summed E-state index contributed by atoms with van der Waals surface area (Å²) in [5.41, 5.74) is 6.59. The summed E-state index contributed by atoms with van der Waals surface area (Å²) in [5.74, 6) is 0.977. The van der Waals surface area contributed by atoms with Gasteiger partial charge in [-0.1, -0.05) is 32.6 Å². The predicted molar refractivity (Wildman–Crippen MR) is 69.4 cm³/mol. The Labute approximate surface area is 100 Å². The number of hydrogen-bond donors (Lipinski definition) is 2. The topological polar surface area (TPSA) is 38.0 Å². The highest BCUT2D eigenvalue weighted by Crippen LogP contribution is 2.35. The number of hydrogen-bond acceptors (Lipinski definition) is 2. The Morgan fingerprint density at radius 2 is 2.00 bits per heavy atom. The second kappa shape index (κ2) is 5.50. The highest BCUT2D eigenvalue weighted by Gasteiger charge is 2.36. The molecule has 2 aliphatic carbocycles. The van der Waals surface area contributed by atoms with E-state index in [2.05, 4.69) is 12.2 Å². The molecule has 0 aromatic heterocycles. The number of nitrogens with one attached hydrogen (secondary N) is 1. The minimum Gasteiger partial charge on any atom is -0.325 e. The minimum atomic E-state index is 0.167. The zero-order valence-electron chi connectivity index (χ0n) is 10.8. The van der Waals surface area contributed by atoms with Crippen LogP contribution < -0.4 is 11.1 Å². The van der Waals surface area contributed by atoms with Gasteiger partial charge in [0.2, 0.25) is 0 Å². The SMILES string of the molecule is CCCC1CC1NCCC1(N)CCCCC1. The van der Waals surface area contributed by atoms with E-state index in [1.54, 1.807) is 0 Å². The van der Waals surface area contributed by atoms with Gasteiger partial charge in [-0.3, -0.25) is 0 Å². The molecule has 2 heteroatoms. The van der Waals surface area contributed by atoms with Gasteiger partial charge in [-0.15, -0.1) is 0 Å². The van der Waals surface area contributed by atoms with Crippen molar-refractivity contribution in [3.05, 3.63) is 0 Å². The van der Waals surface area contributed by atoms with E-state index < -0.39 is 0 Å². The molecular weight excluding hydrogens is 196 g/mol. The molecule has 0 aromatic rings. The molecule has 0 amide bonds. The first-order chi connectivity index (χ1) is 7.73. The molecular formula is C14H28N2. The molecule has 3 N–H and O–H groups in total. The highest BCUT2D eigenvalue weighted by atomic mass is 15.0. The summed E-state index contributed by atoms with van der Waals surface area (Å²) >= 11 is 0. The molecule has 2 atom stereocenters. The lowest BCUT2D eigenvalue weighted by atomic mass is 9.80. The second-order valence-corrected chi connectivity index (χ2v) is 6.02. The fraction of sp³-hybridized carbons (Fsp3) is 1.00. The van der Waals surface area contributed by atoms with E-state index in [9.17, 15) is 0 Å². The van der Waals surface area contributed by atoms with Gasteiger partial charge in [0.25, 0.3) is 0 Å². The van der Waals surface area contributed by atoms with Gasteiger partial charge in [0.15, 0.2) is 0 Å². The summed E-state index contributed by atoms with van der Waals surface area (Å²) < 4.78 is 0. The molecule has 0 heterocycles. The van der Waals surface area contributed by atoms with Crippen molar-refractivity contribution in [2.45, 2.75) is 76.3 Å². The van der Waals surface area contributed by atoms with E-state index in [0.29, 0.717) is 0 Å². The zero-order valence-corrected chi connectivity index (χ0v) is 10.8. The van der Waals surface area contributed by atoms with Crippen LogP contribution in [-0.4, -0.2) is 18.1 Å². The summed E-state index contributed by atoms with van der Waals surface area (Å²) in [7, 11) is 0. The van der Waals surface area contributed by atoms with Crippen LogP contribution in [0.25, 0.3) is 0 Å². The maximum absolute atomic E-state index is 6.42. The predicted octanol–water partition coefficient (Wildman–Crippen LogP) is 2.82. The smallest absolute Gasteiger partial charge is 0.0166 e.